The molecule has 5 rings (SSSR count). The van der Waals surface area contributed by atoms with E-state index in [1.807, 2.05) is 0 Å². The molecule has 1 aliphatic carbocycles. The van der Waals surface area contributed by atoms with Gasteiger partial charge in [-0.2, -0.15) is 4.52 Å². The van der Waals surface area contributed by atoms with Gasteiger partial charge in [-0.05, 0) is 35.6 Å². The Morgan fingerprint density at radius 1 is 1.27 bits per heavy atom. The molecule has 1 saturated carbocycles. The number of aromatic nitrogens is 3. The first-order chi connectivity index (χ1) is 15.7. The summed E-state index contributed by atoms with van der Waals surface area (Å²) < 4.78 is 7.66. The summed E-state index contributed by atoms with van der Waals surface area (Å²) in [5.74, 6) is 1.45. The SMILES string of the molecule is CC1(C)[C@H](C=C(Cl)Cl)[C@@H]1c1nc2s/c(=C/c3ccc(-c4ccccc4[N+](=O)[O-])o3)c(=O)n2n1. The normalized spacial score (nSPS) is 19.7. The second-order valence-electron chi connectivity index (χ2n) is 8.34. The lowest BCUT2D eigenvalue weighted by molar-refractivity contribution is -0.384. The van der Waals surface area contributed by atoms with Gasteiger partial charge in [0.2, 0.25) is 4.96 Å². The third kappa shape index (κ3) is 3.76. The van der Waals surface area contributed by atoms with Gasteiger partial charge in [-0.1, -0.05) is 60.5 Å². The number of para-hydroxylation sites is 1. The maximum Gasteiger partial charge on any atom is 0.291 e. The number of rotatable bonds is 5. The van der Waals surface area contributed by atoms with Crippen LogP contribution < -0.4 is 10.1 Å². The Morgan fingerprint density at radius 2 is 2.03 bits per heavy atom. The summed E-state index contributed by atoms with van der Waals surface area (Å²) in [6.07, 6.45) is 3.37. The van der Waals surface area contributed by atoms with Crippen LogP contribution in [0.1, 0.15) is 31.4 Å². The van der Waals surface area contributed by atoms with E-state index in [1.54, 1.807) is 42.5 Å². The molecule has 8 nitrogen and oxygen atoms in total. The first-order valence-electron chi connectivity index (χ1n) is 9.94. The van der Waals surface area contributed by atoms with E-state index < -0.39 is 4.92 Å². The molecule has 1 aromatic carbocycles. The molecule has 4 aromatic rings. The minimum Gasteiger partial charge on any atom is -0.456 e. The van der Waals surface area contributed by atoms with Crippen LogP contribution in [0, 0.1) is 21.4 Å². The van der Waals surface area contributed by atoms with Gasteiger partial charge in [0.05, 0.1) is 10.5 Å². The zero-order valence-corrected chi connectivity index (χ0v) is 19.7. The van der Waals surface area contributed by atoms with Crippen molar-refractivity contribution >= 4 is 51.3 Å². The number of fused-ring (bicyclic) bond motifs is 1. The summed E-state index contributed by atoms with van der Waals surface area (Å²) in [6.45, 7) is 4.15. The molecular weight excluding hydrogens is 487 g/mol. The lowest BCUT2D eigenvalue weighted by atomic mass is 10.1. The third-order valence-electron chi connectivity index (χ3n) is 5.96. The van der Waals surface area contributed by atoms with E-state index in [1.165, 1.54) is 21.9 Å². The van der Waals surface area contributed by atoms with Gasteiger partial charge in [-0.25, -0.2) is 4.98 Å². The van der Waals surface area contributed by atoms with Gasteiger partial charge in [0, 0.05) is 18.1 Å². The quantitative estimate of drug-likeness (QED) is 0.283. The molecule has 11 heteroatoms. The van der Waals surface area contributed by atoms with Gasteiger partial charge in [0.15, 0.2) is 5.82 Å². The summed E-state index contributed by atoms with van der Waals surface area (Å²) >= 11 is 12.8. The Kier molecular flexibility index (Phi) is 5.15. The molecule has 0 saturated heterocycles. The van der Waals surface area contributed by atoms with Crippen LogP contribution in [0.5, 0.6) is 0 Å². The molecule has 0 radical (unpaired) electrons. The molecule has 0 spiro atoms. The largest absolute Gasteiger partial charge is 0.456 e. The van der Waals surface area contributed by atoms with Crippen molar-refractivity contribution in [2.24, 2.45) is 11.3 Å². The molecule has 0 aliphatic heterocycles. The van der Waals surface area contributed by atoms with Crippen LogP contribution in [-0.2, 0) is 0 Å². The maximum atomic E-state index is 12.9. The predicted molar refractivity (Wildman–Crippen MR) is 127 cm³/mol. The number of furan rings is 1. The number of hydrogen-bond donors (Lipinski definition) is 0. The Labute approximate surface area is 200 Å². The fourth-order valence-electron chi connectivity index (χ4n) is 4.14. The highest BCUT2D eigenvalue weighted by Crippen LogP contribution is 2.64. The highest BCUT2D eigenvalue weighted by molar-refractivity contribution is 7.15. The Balaban J connectivity index is 1.48. The second-order valence-corrected chi connectivity index (χ2v) is 10.4. The van der Waals surface area contributed by atoms with Crippen molar-refractivity contribution in [1.29, 1.82) is 0 Å². The Morgan fingerprint density at radius 3 is 2.73 bits per heavy atom. The molecule has 168 valence electrons. The van der Waals surface area contributed by atoms with Gasteiger partial charge in [0.1, 0.15) is 20.5 Å². The molecule has 1 aliphatic rings. The fraction of sp³-hybridized carbons (Fsp3) is 0.227. The van der Waals surface area contributed by atoms with Crippen molar-refractivity contribution < 1.29 is 9.34 Å². The molecule has 0 N–H and O–H groups in total. The lowest BCUT2D eigenvalue weighted by Gasteiger charge is -1.98. The molecule has 2 atom stereocenters. The molecular formula is C22H16Cl2N4O4S. The Bertz CT molecular complexity index is 1550. The van der Waals surface area contributed by atoms with Gasteiger partial charge < -0.3 is 4.42 Å². The number of nitrogens with zero attached hydrogens (tertiary/aromatic N) is 4. The molecule has 1 fully saturated rings. The highest BCUT2D eigenvalue weighted by Gasteiger charge is 2.59. The van der Waals surface area contributed by atoms with Gasteiger partial charge in [-0.15, -0.1) is 5.10 Å². The van der Waals surface area contributed by atoms with Gasteiger partial charge >= 0.3 is 0 Å². The topological polar surface area (TPSA) is 104 Å². The fourth-order valence-corrected chi connectivity index (χ4v) is 5.31. The van der Waals surface area contributed by atoms with Crippen LogP contribution in [0.2, 0.25) is 0 Å². The summed E-state index contributed by atoms with van der Waals surface area (Å²) in [5.41, 5.74) is -0.0991. The first-order valence-corrected chi connectivity index (χ1v) is 11.5. The second kappa shape index (κ2) is 7.79. The van der Waals surface area contributed by atoms with Crippen LogP contribution >= 0.6 is 34.5 Å². The van der Waals surface area contributed by atoms with Gasteiger partial charge in [0.25, 0.3) is 11.2 Å². The van der Waals surface area contributed by atoms with Crippen molar-refractivity contribution in [3.63, 3.8) is 0 Å². The lowest BCUT2D eigenvalue weighted by Crippen LogP contribution is -2.23. The van der Waals surface area contributed by atoms with Crippen LogP contribution in [0.25, 0.3) is 22.4 Å². The van der Waals surface area contributed by atoms with Crippen LogP contribution in [0.15, 0.2) is 56.2 Å². The summed E-state index contributed by atoms with van der Waals surface area (Å²) in [4.78, 5) is 28.8. The smallest absolute Gasteiger partial charge is 0.291 e. The van der Waals surface area contributed by atoms with E-state index in [4.69, 9.17) is 27.6 Å². The number of benzene rings is 1. The number of halogens is 2. The number of nitro groups is 1. The summed E-state index contributed by atoms with van der Waals surface area (Å²) in [7, 11) is 0. The van der Waals surface area contributed by atoms with E-state index in [9.17, 15) is 14.9 Å². The van der Waals surface area contributed by atoms with Crippen molar-refractivity contribution in [2.45, 2.75) is 19.8 Å². The molecule has 0 bridgehead atoms. The zero-order chi connectivity index (χ0) is 23.5. The van der Waals surface area contributed by atoms with E-state index in [0.29, 0.717) is 32.4 Å². The number of nitro benzene ring substituents is 1. The Hall–Kier alpha value is -3.01. The minimum absolute atomic E-state index is 0.0261. The van der Waals surface area contributed by atoms with Crippen molar-refractivity contribution in [3.05, 3.63) is 83.6 Å². The highest BCUT2D eigenvalue weighted by atomic mass is 35.5. The molecule has 3 heterocycles. The van der Waals surface area contributed by atoms with Crippen molar-refractivity contribution in [1.82, 2.24) is 14.6 Å². The van der Waals surface area contributed by atoms with Crippen LogP contribution in [0.4, 0.5) is 5.69 Å². The predicted octanol–water partition coefficient (Wildman–Crippen LogP) is 4.93. The van der Waals surface area contributed by atoms with E-state index >= 15 is 0 Å². The maximum absolute atomic E-state index is 12.9. The zero-order valence-electron chi connectivity index (χ0n) is 17.4. The van der Waals surface area contributed by atoms with E-state index in [2.05, 4.69) is 23.9 Å². The number of thiazole rings is 1. The van der Waals surface area contributed by atoms with E-state index in [0.717, 1.165) is 0 Å². The standard InChI is InChI=1S/C22H16Cl2N4O4S/c1-22(2)13(10-17(23)24)18(22)19-25-21-27(26-19)20(29)16(33-21)9-11-7-8-15(32-11)12-5-3-4-6-14(12)28(30)31/h3-10,13,18H,1-2H3/b16-9+/t13-,18-/m1/s1. The summed E-state index contributed by atoms with van der Waals surface area (Å²) in [5, 5.41) is 15.7. The first kappa shape index (κ1) is 21.8. The number of hydrogen-bond acceptors (Lipinski definition) is 7. The van der Waals surface area contributed by atoms with Crippen LogP contribution in [0.3, 0.4) is 0 Å². The van der Waals surface area contributed by atoms with Gasteiger partial charge in [-0.3, -0.25) is 14.9 Å². The molecule has 0 unspecified atom stereocenters. The van der Waals surface area contributed by atoms with Crippen molar-refractivity contribution in [2.75, 3.05) is 0 Å². The van der Waals surface area contributed by atoms with E-state index in [-0.39, 0.29) is 33.0 Å². The van der Waals surface area contributed by atoms with Crippen LogP contribution in [-0.4, -0.2) is 19.5 Å². The molecule has 3 aromatic heterocycles. The molecule has 0 amide bonds. The monoisotopic (exact) mass is 502 g/mol. The minimum atomic E-state index is -0.461. The average molecular weight is 503 g/mol. The van der Waals surface area contributed by atoms with Crippen molar-refractivity contribution in [3.8, 4) is 11.3 Å². The number of allylic oxidation sites excluding steroid dienone is 1. The molecule has 33 heavy (non-hydrogen) atoms. The summed E-state index contributed by atoms with van der Waals surface area (Å²) in [6, 6.07) is 9.62. The average Bonchev–Trinajstić information content (AvgIpc) is 3.21. The third-order valence-corrected chi connectivity index (χ3v) is 7.17.